The van der Waals surface area contributed by atoms with E-state index in [0.717, 1.165) is 36.7 Å². The molecule has 0 fully saturated rings. The highest BCUT2D eigenvalue weighted by Crippen LogP contribution is 2.29. The molecule has 1 aromatic heterocycles. The summed E-state index contributed by atoms with van der Waals surface area (Å²) in [6.07, 6.45) is 1.89. The maximum absolute atomic E-state index is 5.36. The molecule has 0 bridgehead atoms. The topological polar surface area (TPSA) is 71.0 Å². The summed E-state index contributed by atoms with van der Waals surface area (Å²) in [5, 5.41) is 6.55. The highest BCUT2D eigenvalue weighted by atomic mass is 16.5. The van der Waals surface area contributed by atoms with Gasteiger partial charge in [0.05, 0.1) is 20.8 Å². The fraction of sp³-hybridized carbons (Fsp3) is 0.429. The summed E-state index contributed by atoms with van der Waals surface area (Å²) in [5.41, 5.74) is 1.92. The fourth-order valence-corrected chi connectivity index (χ4v) is 2.77. The minimum atomic E-state index is 0.536. The van der Waals surface area contributed by atoms with Crippen molar-refractivity contribution < 1.29 is 9.47 Å². The Balaban J connectivity index is 2.10. The molecule has 28 heavy (non-hydrogen) atoms. The van der Waals surface area contributed by atoms with Gasteiger partial charge in [-0.15, -0.1) is 0 Å². The quantitative estimate of drug-likeness (QED) is 0.508. The van der Waals surface area contributed by atoms with Crippen LogP contribution in [-0.4, -0.2) is 44.8 Å². The van der Waals surface area contributed by atoms with Crippen LogP contribution in [0.5, 0.6) is 11.5 Å². The molecule has 0 unspecified atom stereocenters. The van der Waals surface area contributed by atoms with Crippen LogP contribution in [0.3, 0.4) is 0 Å². The van der Waals surface area contributed by atoms with Crippen molar-refractivity contribution in [1.29, 1.82) is 0 Å². The Morgan fingerprint density at radius 2 is 1.79 bits per heavy atom. The maximum atomic E-state index is 5.36. The molecule has 0 saturated heterocycles. The second-order valence-corrected chi connectivity index (χ2v) is 6.09. The van der Waals surface area contributed by atoms with E-state index in [4.69, 9.17) is 9.47 Å². The number of pyridine rings is 1. The Bertz CT molecular complexity index is 758. The lowest BCUT2D eigenvalue weighted by Crippen LogP contribution is -2.30. The maximum Gasteiger partial charge on any atom is 0.196 e. The molecule has 0 amide bonds. The van der Waals surface area contributed by atoms with Gasteiger partial charge in [0.15, 0.2) is 17.5 Å². The van der Waals surface area contributed by atoms with Gasteiger partial charge in [0.25, 0.3) is 0 Å². The number of ether oxygens (including phenoxy) is 2. The van der Waals surface area contributed by atoms with E-state index < -0.39 is 0 Å². The van der Waals surface area contributed by atoms with E-state index in [-0.39, 0.29) is 0 Å². The predicted molar refractivity (Wildman–Crippen MR) is 116 cm³/mol. The largest absolute Gasteiger partial charge is 0.493 e. The number of rotatable bonds is 9. The number of aliphatic imine (C=N–C) groups is 1. The molecular weight excluding hydrogens is 354 g/mol. The molecule has 0 atom stereocenters. The van der Waals surface area contributed by atoms with Gasteiger partial charge < -0.3 is 25.0 Å². The van der Waals surface area contributed by atoms with Gasteiger partial charge >= 0.3 is 0 Å². The Morgan fingerprint density at radius 1 is 1.04 bits per heavy atom. The Morgan fingerprint density at radius 3 is 2.36 bits per heavy atom. The van der Waals surface area contributed by atoms with Gasteiger partial charge in [-0.05, 0) is 44.5 Å². The Kier molecular flexibility index (Phi) is 8.39. The minimum absolute atomic E-state index is 0.536. The minimum Gasteiger partial charge on any atom is -0.493 e. The second kappa shape index (κ2) is 11.0. The first-order valence-electron chi connectivity index (χ1n) is 9.62. The summed E-state index contributed by atoms with van der Waals surface area (Å²) < 4.78 is 10.6. The smallest absolute Gasteiger partial charge is 0.196 e. The van der Waals surface area contributed by atoms with Crippen molar-refractivity contribution in [2.45, 2.75) is 27.3 Å². The van der Waals surface area contributed by atoms with Gasteiger partial charge in [-0.3, -0.25) is 0 Å². The molecular formula is C21H31N5O2. The molecule has 152 valence electrons. The first-order valence-corrected chi connectivity index (χ1v) is 9.62. The normalized spacial score (nSPS) is 11.1. The number of hydrogen-bond donors (Lipinski definition) is 2. The molecule has 1 heterocycles. The Hall–Kier alpha value is -2.96. The van der Waals surface area contributed by atoms with Crippen molar-refractivity contribution in [2.24, 2.45) is 4.99 Å². The van der Waals surface area contributed by atoms with Crippen molar-refractivity contribution in [3.05, 3.63) is 42.1 Å². The van der Waals surface area contributed by atoms with Crippen LogP contribution in [0.1, 0.15) is 26.3 Å². The monoisotopic (exact) mass is 385 g/mol. The van der Waals surface area contributed by atoms with Crippen LogP contribution in [0.2, 0.25) is 0 Å². The average molecular weight is 386 g/mol. The van der Waals surface area contributed by atoms with Crippen LogP contribution in [0.25, 0.3) is 0 Å². The van der Waals surface area contributed by atoms with Crippen molar-refractivity contribution in [1.82, 2.24) is 10.3 Å². The molecule has 7 nitrogen and oxygen atoms in total. The number of methoxy groups -OCH3 is 2. The standard InChI is InChI=1S/C21H31N5O2/c1-6-22-21(25-17-10-11-18(27-4)19(13-17)28-5)24-15-16-9-12-20(23-14-16)26(7-2)8-3/h9-14H,6-8,15H2,1-5H3,(H2,22,24,25). The van der Waals surface area contributed by atoms with E-state index in [1.165, 1.54) is 0 Å². The first kappa shape index (κ1) is 21.3. The Labute approximate surface area is 167 Å². The van der Waals surface area contributed by atoms with E-state index in [9.17, 15) is 0 Å². The highest BCUT2D eigenvalue weighted by molar-refractivity contribution is 5.93. The van der Waals surface area contributed by atoms with E-state index in [1.54, 1.807) is 14.2 Å². The molecule has 1 aromatic carbocycles. The summed E-state index contributed by atoms with van der Waals surface area (Å²) in [4.78, 5) is 11.4. The van der Waals surface area contributed by atoms with E-state index in [2.05, 4.69) is 45.4 Å². The van der Waals surface area contributed by atoms with Gasteiger partial charge in [-0.1, -0.05) is 6.07 Å². The lowest BCUT2D eigenvalue weighted by Gasteiger charge is -2.19. The first-order chi connectivity index (χ1) is 13.6. The van der Waals surface area contributed by atoms with E-state index in [0.29, 0.717) is 24.0 Å². The molecule has 0 radical (unpaired) electrons. The van der Waals surface area contributed by atoms with Crippen molar-refractivity contribution >= 4 is 17.5 Å². The van der Waals surface area contributed by atoms with Gasteiger partial charge in [0.2, 0.25) is 0 Å². The molecule has 0 saturated carbocycles. The van der Waals surface area contributed by atoms with Gasteiger partial charge in [0.1, 0.15) is 5.82 Å². The van der Waals surface area contributed by atoms with Crippen LogP contribution in [0.4, 0.5) is 11.5 Å². The fourth-order valence-electron chi connectivity index (χ4n) is 2.77. The van der Waals surface area contributed by atoms with Gasteiger partial charge in [-0.2, -0.15) is 0 Å². The van der Waals surface area contributed by atoms with E-state index >= 15 is 0 Å². The van der Waals surface area contributed by atoms with Crippen LogP contribution in [-0.2, 0) is 6.54 Å². The lowest BCUT2D eigenvalue weighted by molar-refractivity contribution is 0.355. The van der Waals surface area contributed by atoms with Gasteiger partial charge in [-0.25, -0.2) is 9.98 Å². The number of hydrogen-bond acceptors (Lipinski definition) is 5. The molecule has 7 heteroatoms. The predicted octanol–water partition coefficient (Wildman–Crippen LogP) is 3.52. The zero-order valence-electron chi connectivity index (χ0n) is 17.5. The van der Waals surface area contributed by atoms with Crippen molar-refractivity contribution in [2.75, 3.05) is 44.1 Å². The average Bonchev–Trinajstić information content (AvgIpc) is 2.73. The molecule has 2 aromatic rings. The van der Waals surface area contributed by atoms with Crippen LogP contribution in [0, 0.1) is 0 Å². The summed E-state index contributed by atoms with van der Waals surface area (Å²) in [6.45, 7) is 9.48. The third kappa shape index (κ3) is 5.77. The molecule has 0 aliphatic carbocycles. The lowest BCUT2D eigenvalue weighted by atomic mass is 10.2. The highest BCUT2D eigenvalue weighted by Gasteiger charge is 2.07. The molecule has 0 aliphatic heterocycles. The van der Waals surface area contributed by atoms with Crippen LogP contribution in [0.15, 0.2) is 41.5 Å². The summed E-state index contributed by atoms with van der Waals surface area (Å²) >= 11 is 0. The van der Waals surface area contributed by atoms with Gasteiger partial charge in [0, 0.05) is 37.6 Å². The number of nitrogens with zero attached hydrogens (tertiary/aromatic N) is 3. The summed E-state index contributed by atoms with van der Waals surface area (Å²) in [6, 6.07) is 9.79. The second-order valence-electron chi connectivity index (χ2n) is 6.09. The number of aromatic nitrogens is 1. The zero-order chi connectivity index (χ0) is 20.4. The molecule has 0 spiro atoms. The number of nitrogens with one attached hydrogen (secondary N) is 2. The molecule has 2 rings (SSSR count). The molecule has 0 aliphatic rings. The number of guanidine groups is 1. The third-order valence-electron chi connectivity index (χ3n) is 4.31. The van der Waals surface area contributed by atoms with Crippen LogP contribution >= 0.6 is 0 Å². The number of benzene rings is 1. The zero-order valence-corrected chi connectivity index (χ0v) is 17.5. The SMILES string of the molecule is CCNC(=NCc1ccc(N(CC)CC)nc1)Nc1ccc(OC)c(OC)c1. The number of anilines is 2. The summed E-state index contributed by atoms with van der Waals surface area (Å²) in [5.74, 6) is 3.05. The summed E-state index contributed by atoms with van der Waals surface area (Å²) in [7, 11) is 3.24. The van der Waals surface area contributed by atoms with Crippen molar-refractivity contribution in [3.63, 3.8) is 0 Å². The van der Waals surface area contributed by atoms with Crippen molar-refractivity contribution in [3.8, 4) is 11.5 Å². The van der Waals surface area contributed by atoms with Crippen LogP contribution < -0.4 is 25.0 Å². The third-order valence-corrected chi connectivity index (χ3v) is 4.31. The van der Waals surface area contributed by atoms with E-state index in [1.807, 2.05) is 37.4 Å². The molecule has 2 N–H and O–H groups in total.